The van der Waals surface area contributed by atoms with Crippen LogP contribution < -0.4 is 9.80 Å². The summed E-state index contributed by atoms with van der Waals surface area (Å²) in [5, 5.41) is 17.1. The highest BCUT2D eigenvalue weighted by Crippen LogP contribution is 2.47. The van der Waals surface area contributed by atoms with Gasteiger partial charge in [0.2, 0.25) is 0 Å². The quantitative estimate of drug-likeness (QED) is 0.113. The fraction of sp³-hybridized carbons (Fsp3) is 0. The van der Waals surface area contributed by atoms with Gasteiger partial charge in [0.05, 0.1) is 33.4 Å². The second-order valence-corrected chi connectivity index (χ2v) is 26.8. The largest absolute Gasteiger partial charge is 0.310 e. The molecule has 0 bridgehead atoms. The summed E-state index contributed by atoms with van der Waals surface area (Å²) in [5.41, 5.74) is 23.2. The number of rotatable bonds is 12. The van der Waals surface area contributed by atoms with E-state index in [9.17, 15) is 0 Å². The number of fused-ring (bicyclic) bond motifs is 11. The van der Waals surface area contributed by atoms with Gasteiger partial charge in [0.15, 0.2) is 0 Å². The van der Waals surface area contributed by atoms with E-state index in [1.807, 2.05) is 0 Å². The minimum absolute atomic E-state index is 1.08. The second kappa shape index (κ2) is 24.2. The summed E-state index contributed by atoms with van der Waals surface area (Å²) in [6.07, 6.45) is 0. The Morgan fingerprint density at radius 3 is 1.22 bits per heavy atom. The standard InChI is InChI=1S/C98H64N4/c1-3-24-77(25-4-1)99(79-53-47-66(48-54-79)65-41-43-69(44-42-65)97-87-33-9-11-35-89(87)98(90-36-12-10-34-88(90)97)102-94-38-17-13-30-84(94)85-31-14-18-39-95(85)102)81-28-19-23-70(62-81)74-52-58-96-91(64-74)86-32-15-16-37-93(86)101(96)82-57-51-73-60-75-59-71(45-46-72(75)61-76(73)63-82)67-49-55-80(56-50-67)100(78-26-5-2-6-27-78)92-40-20-22-68-21-7-8-29-83(68)92/h1-64H. The number of anilines is 6. The van der Waals surface area contributed by atoms with Crippen LogP contribution in [0.2, 0.25) is 0 Å². The lowest BCUT2D eigenvalue weighted by atomic mass is 9.89. The zero-order valence-electron chi connectivity index (χ0n) is 55.7. The van der Waals surface area contributed by atoms with Crippen LogP contribution in [0.1, 0.15) is 0 Å². The molecule has 0 amide bonds. The van der Waals surface area contributed by atoms with Crippen LogP contribution in [0.5, 0.6) is 0 Å². The molecule has 0 saturated carbocycles. The topological polar surface area (TPSA) is 16.3 Å². The molecule has 0 spiro atoms. The highest BCUT2D eigenvalue weighted by Gasteiger charge is 2.23. The first-order valence-electron chi connectivity index (χ1n) is 35.1. The van der Waals surface area contributed by atoms with Crippen molar-refractivity contribution in [3.05, 3.63) is 388 Å². The van der Waals surface area contributed by atoms with Crippen LogP contribution in [-0.4, -0.2) is 9.13 Å². The Labute approximate surface area is 590 Å². The van der Waals surface area contributed by atoms with Crippen LogP contribution >= 0.6 is 0 Å². The van der Waals surface area contributed by atoms with Crippen molar-refractivity contribution in [1.29, 1.82) is 0 Å². The molecule has 476 valence electrons. The van der Waals surface area contributed by atoms with E-state index in [0.717, 1.165) is 62.1 Å². The number of para-hydroxylation sites is 5. The Kier molecular flexibility index (Phi) is 13.9. The summed E-state index contributed by atoms with van der Waals surface area (Å²) in [7, 11) is 0. The van der Waals surface area contributed by atoms with Crippen LogP contribution in [0, 0.1) is 0 Å². The van der Waals surface area contributed by atoms with Gasteiger partial charge < -0.3 is 18.9 Å². The van der Waals surface area contributed by atoms with Crippen LogP contribution in [0.4, 0.5) is 34.1 Å². The lowest BCUT2D eigenvalue weighted by Gasteiger charge is -2.27. The smallest absolute Gasteiger partial charge is 0.0619 e. The van der Waals surface area contributed by atoms with E-state index in [2.05, 4.69) is 407 Å². The van der Waals surface area contributed by atoms with Crippen molar-refractivity contribution >= 4 is 132 Å². The third kappa shape index (κ3) is 9.83. The number of hydrogen-bond acceptors (Lipinski definition) is 2. The lowest BCUT2D eigenvalue weighted by molar-refractivity contribution is 1.19. The van der Waals surface area contributed by atoms with Crippen LogP contribution in [0.15, 0.2) is 388 Å². The number of nitrogens with zero attached hydrogens (tertiary/aromatic N) is 4. The van der Waals surface area contributed by atoms with Gasteiger partial charge in [-0.05, 0) is 210 Å². The van der Waals surface area contributed by atoms with Crippen molar-refractivity contribution in [3.8, 4) is 55.9 Å². The van der Waals surface area contributed by atoms with Gasteiger partial charge >= 0.3 is 0 Å². The molecule has 0 aliphatic heterocycles. The van der Waals surface area contributed by atoms with Gasteiger partial charge in [0.25, 0.3) is 0 Å². The van der Waals surface area contributed by atoms with E-state index in [4.69, 9.17) is 0 Å². The first kappa shape index (κ1) is 58.6. The van der Waals surface area contributed by atoms with Crippen molar-refractivity contribution in [1.82, 2.24) is 9.13 Å². The normalized spacial score (nSPS) is 11.7. The van der Waals surface area contributed by atoms with Crippen molar-refractivity contribution in [2.24, 2.45) is 0 Å². The average molecular weight is 1300 g/mol. The molecule has 0 saturated heterocycles. The summed E-state index contributed by atoms with van der Waals surface area (Å²) in [6.45, 7) is 0. The van der Waals surface area contributed by atoms with Gasteiger partial charge in [-0.2, -0.15) is 0 Å². The van der Waals surface area contributed by atoms with E-state index < -0.39 is 0 Å². The molecule has 0 unspecified atom stereocenters. The van der Waals surface area contributed by atoms with Gasteiger partial charge in [-0.1, -0.05) is 261 Å². The van der Waals surface area contributed by atoms with Gasteiger partial charge in [0, 0.05) is 71.8 Å². The maximum atomic E-state index is 2.48. The molecule has 0 aliphatic carbocycles. The monoisotopic (exact) mass is 1300 g/mol. The Hall–Kier alpha value is -13.5. The molecule has 102 heavy (non-hydrogen) atoms. The third-order valence-electron chi connectivity index (χ3n) is 21.0. The van der Waals surface area contributed by atoms with Crippen molar-refractivity contribution < 1.29 is 0 Å². The van der Waals surface area contributed by atoms with Gasteiger partial charge in [-0.3, -0.25) is 0 Å². The minimum atomic E-state index is 1.08. The van der Waals surface area contributed by atoms with E-state index >= 15 is 0 Å². The Morgan fingerprint density at radius 1 is 0.176 bits per heavy atom. The highest BCUT2D eigenvalue weighted by molar-refractivity contribution is 6.21. The molecule has 18 aromatic carbocycles. The zero-order valence-corrected chi connectivity index (χ0v) is 55.7. The fourth-order valence-electron chi connectivity index (χ4n) is 16.2. The van der Waals surface area contributed by atoms with E-state index in [-0.39, 0.29) is 0 Å². The molecule has 2 heterocycles. The van der Waals surface area contributed by atoms with Crippen molar-refractivity contribution in [2.75, 3.05) is 9.80 Å². The molecule has 2 aromatic heterocycles. The first-order valence-corrected chi connectivity index (χ1v) is 35.1. The molecule has 4 heteroatoms. The van der Waals surface area contributed by atoms with E-state index in [1.165, 1.54) is 125 Å². The van der Waals surface area contributed by atoms with Crippen molar-refractivity contribution in [2.45, 2.75) is 0 Å². The molecular formula is C98H64N4. The number of hydrogen-bond donors (Lipinski definition) is 0. The Balaban J connectivity index is 0.593. The predicted octanol–water partition coefficient (Wildman–Crippen LogP) is 27.3. The molecule has 4 nitrogen and oxygen atoms in total. The summed E-state index contributed by atoms with van der Waals surface area (Å²) in [5.74, 6) is 0. The molecule has 0 N–H and O–H groups in total. The number of benzene rings is 18. The van der Waals surface area contributed by atoms with E-state index in [0.29, 0.717) is 0 Å². The highest BCUT2D eigenvalue weighted by atomic mass is 15.1. The predicted molar refractivity (Wildman–Crippen MR) is 434 cm³/mol. The van der Waals surface area contributed by atoms with E-state index in [1.54, 1.807) is 0 Å². The van der Waals surface area contributed by atoms with Crippen LogP contribution in [0.25, 0.3) is 153 Å². The molecule has 0 atom stereocenters. The van der Waals surface area contributed by atoms with Crippen LogP contribution in [-0.2, 0) is 0 Å². The molecule has 20 rings (SSSR count). The minimum Gasteiger partial charge on any atom is -0.310 e. The molecule has 0 aliphatic rings. The zero-order chi connectivity index (χ0) is 67.2. The van der Waals surface area contributed by atoms with Crippen molar-refractivity contribution in [3.63, 3.8) is 0 Å². The summed E-state index contributed by atoms with van der Waals surface area (Å²) < 4.78 is 4.92. The lowest BCUT2D eigenvalue weighted by Crippen LogP contribution is -2.10. The molecule has 0 radical (unpaired) electrons. The summed E-state index contributed by atoms with van der Waals surface area (Å²) in [6, 6.07) is 143. The Bertz CT molecular complexity index is 6550. The fourth-order valence-corrected chi connectivity index (χ4v) is 16.2. The second-order valence-electron chi connectivity index (χ2n) is 26.8. The molecular weight excluding hydrogens is 1230 g/mol. The van der Waals surface area contributed by atoms with Gasteiger partial charge in [-0.15, -0.1) is 0 Å². The summed E-state index contributed by atoms with van der Waals surface area (Å²) >= 11 is 0. The first-order chi connectivity index (χ1) is 50.6. The average Bonchev–Trinajstić information content (AvgIpc) is 1.43. The Morgan fingerprint density at radius 2 is 0.578 bits per heavy atom. The third-order valence-corrected chi connectivity index (χ3v) is 21.0. The van der Waals surface area contributed by atoms with Gasteiger partial charge in [0.1, 0.15) is 0 Å². The summed E-state index contributed by atoms with van der Waals surface area (Å²) in [4.78, 5) is 4.73. The molecule has 20 aromatic rings. The number of aromatic nitrogens is 2. The molecule has 0 fully saturated rings. The maximum absolute atomic E-state index is 2.48. The SMILES string of the molecule is c1ccc(N(c2ccc(-c3ccc(-c4c5ccccc5c(-n5c6ccccc6c6ccccc65)c5ccccc45)cc3)cc2)c2cccc(-c3ccc4c(c3)c3ccccc3n4-c3ccc4cc5cc(-c6ccc(N(c7ccccc7)c7cccc8ccccc78)cc6)ccc5cc4c3)c2)cc1. The van der Waals surface area contributed by atoms with Gasteiger partial charge in [-0.25, -0.2) is 0 Å². The van der Waals surface area contributed by atoms with Crippen LogP contribution in [0.3, 0.4) is 0 Å². The maximum Gasteiger partial charge on any atom is 0.0619 e.